The van der Waals surface area contributed by atoms with Gasteiger partial charge in [-0.05, 0) is 76.2 Å². The predicted molar refractivity (Wildman–Crippen MR) is 140 cm³/mol. The van der Waals surface area contributed by atoms with Crippen molar-refractivity contribution in [1.29, 1.82) is 0 Å². The third-order valence-corrected chi connectivity index (χ3v) is 6.15. The molecule has 0 aliphatic rings. The van der Waals surface area contributed by atoms with Gasteiger partial charge in [-0.2, -0.15) is 0 Å². The Bertz CT molecular complexity index is 1360. The first-order valence-corrected chi connectivity index (χ1v) is 12.0. The fourth-order valence-corrected chi connectivity index (χ4v) is 4.90. The first-order valence-electron chi connectivity index (χ1n) is 9.61. The van der Waals surface area contributed by atoms with Gasteiger partial charge in [0.15, 0.2) is 16.6 Å². The third-order valence-electron chi connectivity index (χ3n) is 4.64. The Kier molecular flexibility index (Phi) is 7.33. The van der Waals surface area contributed by atoms with E-state index in [-0.39, 0.29) is 5.11 Å². The molecule has 1 aromatic heterocycles. The molecule has 1 heterocycles. The lowest BCUT2D eigenvalue weighted by Gasteiger charge is -2.13. The molecule has 0 radical (unpaired) electrons. The summed E-state index contributed by atoms with van der Waals surface area (Å²) < 4.78 is 12.5. The molecule has 168 valence electrons. The van der Waals surface area contributed by atoms with Crippen LogP contribution in [-0.4, -0.2) is 23.1 Å². The number of halogens is 3. The highest BCUT2D eigenvalue weighted by Gasteiger charge is 2.18. The van der Waals surface area contributed by atoms with Crippen LogP contribution in [-0.2, 0) is 6.42 Å². The average molecular weight is 610 g/mol. The van der Waals surface area contributed by atoms with E-state index < -0.39 is 5.91 Å². The summed E-state index contributed by atoms with van der Waals surface area (Å²) in [5.41, 5.74) is 3.38. The van der Waals surface area contributed by atoms with Gasteiger partial charge in [0.1, 0.15) is 11.3 Å². The molecule has 0 aliphatic carbocycles. The van der Waals surface area contributed by atoms with Crippen LogP contribution in [0.25, 0.3) is 11.1 Å². The summed E-state index contributed by atoms with van der Waals surface area (Å²) in [6, 6.07) is 16.4. The number of carbonyl (C=O) groups excluding carboxylic acids is 1. The first-order chi connectivity index (χ1) is 15.8. The summed E-state index contributed by atoms with van der Waals surface area (Å²) in [6.45, 7) is 0. The van der Waals surface area contributed by atoms with Gasteiger partial charge in [0, 0.05) is 21.6 Å². The topological polar surface area (TPSA) is 76.4 Å². The molecule has 4 aromatic rings. The number of thiocarbonyl (C=S) groups is 1. The summed E-state index contributed by atoms with van der Waals surface area (Å²) in [4.78, 5) is 17.3. The number of rotatable bonds is 5. The SMILES string of the molecule is COc1c(Br)cc(Br)cc1C(=O)NC(=S)Nc1ccc2oc(Cc3ccc(Cl)cc3)nc2c1. The number of nitrogens with one attached hydrogen (secondary N) is 2. The number of nitrogens with zero attached hydrogens (tertiary/aromatic N) is 1. The summed E-state index contributed by atoms with van der Waals surface area (Å²) >= 11 is 18.0. The molecule has 6 nitrogen and oxygen atoms in total. The average Bonchev–Trinajstić information content (AvgIpc) is 3.16. The molecule has 0 saturated heterocycles. The van der Waals surface area contributed by atoms with Crippen LogP contribution in [0.3, 0.4) is 0 Å². The van der Waals surface area contributed by atoms with Crippen molar-refractivity contribution in [2.45, 2.75) is 6.42 Å². The minimum atomic E-state index is -0.404. The van der Waals surface area contributed by atoms with E-state index in [1.165, 1.54) is 7.11 Å². The highest BCUT2D eigenvalue weighted by atomic mass is 79.9. The fourth-order valence-electron chi connectivity index (χ4n) is 3.17. The van der Waals surface area contributed by atoms with Crippen LogP contribution in [0.2, 0.25) is 5.02 Å². The molecule has 0 spiro atoms. The lowest BCUT2D eigenvalue weighted by atomic mass is 10.1. The Morgan fingerprint density at radius 2 is 1.91 bits per heavy atom. The first kappa shape index (κ1) is 23.7. The van der Waals surface area contributed by atoms with Gasteiger partial charge in [0.2, 0.25) is 0 Å². The second-order valence-corrected chi connectivity index (χ2v) is 9.58. The smallest absolute Gasteiger partial charge is 0.261 e. The molecular formula is C23H16Br2ClN3O3S. The van der Waals surface area contributed by atoms with Gasteiger partial charge in [-0.3, -0.25) is 10.1 Å². The quantitative estimate of drug-likeness (QED) is 0.245. The Balaban J connectivity index is 1.46. The van der Waals surface area contributed by atoms with E-state index in [0.29, 0.717) is 49.9 Å². The van der Waals surface area contributed by atoms with E-state index in [0.717, 1.165) is 10.0 Å². The van der Waals surface area contributed by atoms with Crippen molar-refractivity contribution in [3.8, 4) is 5.75 Å². The third kappa shape index (κ3) is 5.73. The van der Waals surface area contributed by atoms with Crippen molar-refractivity contribution in [3.63, 3.8) is 0 Å². The van der Waals surface area contributed by atoms with E-state index in [1.54, 1.807) is 30.3 Å². The Labute approximate surface area is 216 Å². The van der Waals surface area contributed by atoms with Crippen LogP contribution >= 0.6 is 55.7 Å². The largest absolute Gasteiger partial charge is 0.495 e. The number of aromatic nitrogens is 1. The summed E-state index contributed by atoms with van der Waals surface area (Å²) in [6.07, 6.45) is 0.549. The number of methoxy groups -OCH3 is 1. The van der Waals surface area contributed by atoms with E-state index >= 15 is 0 Å². The molecule has 4 rings (SSSR count). The van der Waals surface area contributed by atoms with Gasteiger partial charge < -0.3 is 14.5 Å². The second kappa shape index (κ2) is 10.2. The molecular weight excluding hydrogens is 594 g/mol. The van der Waals surface area contributed by atoms with E-state index in [2.05, 4.69) is 47.5 Å². The number of hydrogen-bond acceptors (Lipinski definition) is 5. The van der Waals surface area contributed by atoms with E-state index in [9.17, 15) is 4.79 Å². The molecule has 3 aromatic carbocycles. The number of benzene rings is 3. The van der Waals surface area contributed by atoms with E-state index in [4.69, 9.17) is 33.0 Å². The zero-order valence-electron chi connectivity index (χ0n) is 17.1. The summed E-state index contributed by atoms with van der Waals surface area (Å²) in [5, 5.41) is 6.50. The zero-order chi connectivity index (χ0) is 23.5. The van der Waals surface area contributed by atoms with Crippen LogP contribution in [0.15, 0.2) is 68.0 Å². The van der Waals surface area contributed by atoms with Crippen molar-refractivity contribution >= 4 is 83.5 Å². The maximum Gasteiger partial charge on any atom is 0.261 e. The van der Waals surface area contributed by atoms with Crippen molar-refractivity contribution in [2.75, 3.05) is 12.4 Å². The lowest BCUT2D eigenvalue weighted by molar-refractivity contribution is 0.0974. The molecule has 0 bridgehead atoms. The van der Waals surface area contributed by atoms with Crippen molar-refractivity contribution in [2.24, 2.45) is 0 Å². The minimum Gasteiger partial charge on any atom is -0.495 e. The standard InChI is InChI=1S/C23H16Br2ClN3O3S/c1-31-21-16(9-13(24)10-17(21)25)22(30)29-23(33)27-15-6-7-19-18(11-15)28-20(32-19)8-12-2-4-14(26)5-3-12/h2-7,9-11H,8H2,1H3,(H2,27,29,30,33). The number of amides is 1. The predicted octanol–water partition coefficient (Wildman–Crippen LogP) is 6.73. The highest BCUT2D eigenvalue weighted by Crippen LogP contribution is 2.32. The maximum absolute atomic E-state index is 12.7. The summed E-state index contributed by atoms with van der Waals surface area (Å²) in [7, 11) is 1.50. The van der Waals surface area contributed by atoms with Gasteiger partial charge in [-0.25, -0.2) is 4.98 Å². The normalized spacial score (nSPS) is 10.8. The van der Waals surface area contributed by atoms with Crippen molar-refractivity contribution < 1.29 is 13.9 Å². The number of oxazole rings is 1. The van der Waals surface area contributed by atoms with Crippen LogP contribution in [0, 0.1) is 0 Å². The Morgan fingerprint density at radius 3 is 2.64 bits per heavy atom. The maximum atomic E-state index is 12.7. The number of carbonyl (C=O) groups is 1. The highest BCUT2D eigenvalue weighted by molar-refractivity contribution is 9.11. The molecule has 0 unspecified atom stereocenters. The minimum absolute atomic E-state index is 0.141. The molecule has 2 N–H and O–H groups in total. The zero-order valence-corrected chi connectivity index (χ0v) is 21.9. The number of ether oxygens (including phenoxy) is 1. The molecule has 10 heteroatoms. The number of fused-ring (bicyclic) bond motifs is 1. The molecule has 0 fully saturated rings. The fraction of sp³-hybridized carbons (Fsp3) is 0.0870. The van der Waals surface area contributed by atoms with Gasteiger partial charge >= 0.3 is 0 Å². The Morgan fingerprint density at radius 1 is 1.15 bits per heavy atom. The molecule has 1 amide bonds. The van der Waals surface area contributed by atoms with Gasteiger partial charge in [0.05, 0.1) is 17.1 Å². The van der Waals surface area contributed by atoms with Gasteiger partial charge in [-0.15, -0.1) is 0 Å². The molecule has 0 aliphatic heterocycles. The molecule has 33 heavy (non-hydrogen) atoms. The van der Waals surface area contributed by atoms with Crippen molar-refractivity contribution in [3.05, 3.63) is 85.6 Å². The van der Waals surface area contributed by atoms with Gasteiger partial charge in [0.25, 0.3) is 5.91 Å². The second-order valence-electron chi connectivity index (χ2n) is 6.97. The molecule has 0 saturated carbocycles. The van der Waals surface area contributed by atoms with Crippen LogP contribution in [0.1, 0.15) is 21.8 Å². The van der Waals surface area contributed by atoms with Crippen molar-refractivity contribution in [1.82, 2.24) is 10.3 Å². The molecule has 0 atom stereocenters. The monoisotopic (exact) mass is 607 g/mol. The Hall–Kier alpha value is -2.46. The summed E-state index contributed by atoms with van der Waals surface area (Å²) in [5.74, 6) is 0.600. The van der Waals surface area contributed by atoms with Crippen LogP contribution in [0.4, 0.5) is 5.69 Å². The number of anilines is 1. The van der Waals surface area contributed by atoms with Crippen LogP contribution in [0.5, 0.6) is 5.75 Å². The van der Waals surface area contributed by atoms with Crippen LogP contribution < -0.4 is 15.4 Å². The lowest BCUT2D eigenvalue weighted by Crippen LogP contribution is -2.34. The number of hydrogen-bond donors (Lipinski definition) is 2. The van der Waals surface area contributed by atoms with Gasteiger partial charge in [-0.1, -0.05) is 39.7 Å². The van der Waals surface area contributed by atoms with E-state index in [1.807, 2.05) is 24.3 Å².